The zero-order valence-corrected chi connectivity index (χ0v) is 16.1. The summed E-state index contributed by atoms with van der Waals surface area (Å²) in [7, 11) is 0. The minimum absolute atomic E-state index is 0.0807. The molecule has 30 heavy (non-hydrogen) atoms. The lowest BCUT2D eigenvalue weighted by atomic mass is 10.3. The number of nitrogens with zero attached hydrogens (tertiary/aromatic N) is 5. The summed E-state index contributed by atoms with van der Waals surface area (Å²) in [5, 5.41) is 19.9. The molecule has 1 N–H and O–H groups in total. The molecule has 0 aliphatic heterocycles. The van der Waals surface area contributed by atoms with Crippen LogP contribution in [0.15, 0.2) is 53.5 Å². The SMILES string of the molecule is CCCn1nc(C(=O)OCC(=O)Nc2c(C#N)cnn2-c2ccccc2)ccc1=O. The molecule has 0 aliphatic rings. The van der Waals surface area contributed by atoms with Gasteiger partial charge in [0.05, 0.1) is 11.9 Å². The first kappa shape index (κ1) is 20.5. The molecule has 1 amide bonds. The van der Waals surface area contributed by atoms with E-state index in [1.807, 2.05) is 19.1 Å². The smallest absolute Gasteiger partial charge is 0.359 e. The average Bonchev–Trinajstić information content (AvgIpc) is 3.16. The molecule has 0 bridgehead atoms. The third-order valence-electron chi connectivity index (χ3n) is 3.99. The van der Waals surface area contributed by atoms with E-state index in [0.29, 0.717) is 18.7 Å². The molecule has 0 saturated heterocycles. The lowest BCUT2D eigenvalue weighted by molar-refractivity contribution is -0.119. The molecular weight excluding hydrogens is 388 g/mol. The lowest BCUT2D eigenvalue weighted by Crippen LogP contribution is -2.26. The molecule has 3 aromatic rings. The molecule has 2 heterocycles. The summed E-state index contributed by atoms with van der Waals surface area (Å²) in [6.07, 6.45) is 2.00. The number of amides is 1. The van der Waals surface area contributed by atoms with Crippen molar-refractivity contribution in [1.29, 1.82) is 5.26 Å². The maximum Gasteiger partial charge on any atom is 0.359 e. The summed E-state index contributed by atoms with van der Waals surface area (Å²) in [6, 6.07) is 13.4. The van der Waals surface area contributed by atoms with Crippen molar-refractivity contribution in [2.45, 2.75) is 19.9 Å². The second-order valence-electron chi connectivity index (χ2n) is 6.17. The lowest BCUT2D eigenvalue weighted by Gasteiger charge is -2.10. The number of hydrogen-bond acceptors (Lipinski definition) is 7. The van der Waals surface area contributed by atoms with Crippen molar-refractivity contribution in [2.24, 2.45) is 0 Å². The van der Waals surface area contributed by atoms with Crippen LogP contribution < -0.4 is 10.9 Å². The van der Waals surface area contributed by atoms with Crippen LogP contribution in [0.1, 0.15) is 29.4 Å². The van der Waals surface area contributed by atoms with E-state index in [0.717, 1.165) is 4.68 Å². The highest BCUT2D eigenvalue weighted by Crippen LogP contribution is 2.19. The summed E-state index contributed by atoms with van der Waals surface area (Å²) < 4.78 is 7.55. The van der Waals surface area contributed by atoms with Crippen LogP contribution in [0.3, 0.4) is 0 Å². The van der Waals surface area contributed by atoms with E-state index < -0.39 is 18.5 Å². The van der Waals surface area contributed by atoms with Gasteiger partial charge in [-0.2, -0.15) is 15.5 Å². The van der Waals surface area contributed by atoms with Crippen LogP contribution in [-0.4, -0.2) is 38.0 Å². The van der Waals surface area contributed by atoms with Crippen molar-refractivity contribution in [2.75, 3.05) is 11.9 Å². The number of aryl methyl sites for hydroxylation is 1. The first-order valence-electron chi connectivity index (χ1n) is 9.12. The number of nitriles is 1. The van der Waals surface area contributed by atoms with E-state index in [1.165, 1.54) is 23.0 Å². The fourth-order valence-electron chi connectivity index (χ4n) is 2.62. The van der Waals surface area contributed by atoms with E-state index in [9.17, 15) is 19.6 Å². The number of anilines is 1. The summed E-state index contributed by atoms with van der Waals surface area (Å²) in [5.41, 5.74) is 0.396. The summed E-state index contributed by atoms with van der Waals surface area (Å²) in [6.45, 7) is 1.64. The largest absolute Gasteiger partial charge is 0.451 e. The van der Waals surface area contributed by atoms with Crippen LogP contribution in [0.2, 0.25) is 0 Å². The summed E-state index contributed by atoms with van der Waals surface area (Å²) in [5.74, 6) is -1.33. The Hall–Kier alpha value is -4.26. The molecule has 2 aromatic heterocycles. The van der Waals surface area contributed by atoms with Crippen LogP contribution >= 0.6 is 0 Å². The Balaban J connectivity index is 1.69. The first-order valence-corrected chi connectivity index (χ1v) is 9.12. The molecule has 0 radical (unpaired) electrons. The van der Waals surface area contributed by atoms with Gasteiger partial charge in [-0.1, -0.05) is 25.1 Å². The zero-order valence-electron chi connectivity index (χ0n) is 16.1. The van der Waals surface area contributed by atoms with E-state index in [-0.39, 0.29) is 22.6 Å². The second kappa shape index (κ2) is 9.29. The van der Waals surface area contributed by atoms with E-state index in [4.69, 9.17) is 4.74 Å². The molecule has 10 heteroatoms. The molecule has 0 fully saturated rings. The Morgan fingerprint density at radius 3 is 2.67 bits per heavy atom. The van der Waals surface area contributed by atoms with Crippen molar-refractivity contribution in [1.82, 2.24) is 19.6 Å². The molecular formula is C20H18N6O4. The number of benzene rings is 1. The molecule has 0 unspecified atom stereocenters. The number of ether oxygens (including phenoxy) is 1. The van der Waals surface area contributed by atoms with Crippen LogP contribution in [0, 0.1) is 11.3 Å². The highest BCUT2D eigenvalue weighted by molar-refractivity contribution is 5.95. The predicted molar refractivity (Wildman–Crippen MR) is 106 cm³/mol. The van der Waals surface area contributed by atoms with E-state index in [1.54, 1.807) is 24.3 Å². The molecule has 152 valence electrons. The molecule has 0 spiro atoms. The third-order valence-corrected chi connectivity index (χ3v) is 3.99. The topological polar surface area (TPSA) is 132 Å². The van der Waals surface area contributed by atoms with Crippen LogP contribution in [0.4, 0.5) is 5.82 Å². The minimum atomic E-state index is -0.841. The highest BCUT2D eigenvalue weighted by Gasteiger charge is 2.17. The Morgan fingerprint density at radius 2 is 1.97 bits per heavy atom. The highest BCUT2D eigenvalue weighted by atomic mass is 16.5. The molecule has 10 nitrogen and oxygen atoms in total. The molecule has 1 aromatic carbocycles. The van der Waals surface area contributed by atoms with Gasteiger partial charge < -0.3 is 10.1 Å². The van der Waals surface area contributed by atoms with Crippen LogP contribution in [0.5, 0.6) is 0 Å². The van der Waals surface area contributed by atoms with Gasteiger partial charge in [0.1, 0.15) is 11.6 Å². The number of carbonyl (C=O) groups excluding carboxylic acids is 2. The van der Waals surface area contributed by atoms with Gasteiger partial charge in [-0.15, -0.1) is 0 Å². The number of esters is 1. The minimum Gasteiger partial charge on any atom is -0.451 e. The fraction of sp³-hybridized carbons (Fsp3) is 0.200. The van der Waals surface area contributed by atoms with Crippen molar-refractivity contribution in [3.63, 3.8) is 0 Å². The summed E-state index contributed by atoms with van der Waals surface area (Å²) >= 11 is 0. The maximum atomic E-state index is 12.3. The Kier molecular flexibility index (Phi) is 6.34. The van der Waals surface area contributed by atoms with Crippen LogP contribution in [-0.2, 0) is 16.1 Å². The maximum absolute atomic E-state index is 12.3. The Bertz CT molecular complexity index is 1160. The predicted octanol–water partition coefficient (Wildman–Crippen LogP) is 1.51. The van der Waals surface area contributed by atoms with Crippen molar-refractivity contribution >= 4 is 17.7 Å². The van der Waals surface area contributed by atoms with Crippen molar-refractivity contribution in [3.05, 3.63) is 70.3 Å². The number of carbonyl (C=O) groups is 2. The van der Waals surface area contributed by atoms with Gasteiger partial charge in [-0.05, 0) is 24.6 Å². The Labute approximate surface area is 171 Å². The number of rotatable bonds is 7. The van der Waals surface area contributed by atoms with Gasteiger partial charge >= 0.3 is 5.97 Å². The zero-order chi connectivity index (χ0) is 21.5. The molecule has 0 saturated carbocycles. The fourth-order valence-corrected chi connectivity index (χ4v) is 2.62. The van der Waals surface area contributed by atoms with Gasteiger partial charge in [0.2, 0.25) is 0 Å². The number of aromatic nitrogens is 4. The number of nitrogens with one attached hydrogen (secondary N) is 1. The van der Waals surface area contributed by atoms with Crippen molar-refractivity contribution < 1.29 is 14.3 Å². The van der Waals surface area contributed by atoms with Gasteiger partial charge in [0.15, 0.2) is 18.1 Å². The van der Waals surface area contributed by atoms with Gasteiger partial charge in [0, 0.05) is 12.6 Å². The quantitative estimate of drug-likeness (QED) is 0.588. The van der Waals surface area contributed by atoms with Gasteiger partial charge in [-0.3, -0.25) is 9.59 Å². The normalized spacial score (nSPS) is 10.3. The molecule has 0 aliphatic carbocycles. The Morgan fingerprint density at radius 1 is 1.20 bits per heavy atom. The van der Waals surface area contributed by atoms with Gasteiger partial charge in [-0.25, -0.2) is 14.2 Å². The summed E-state index contributed by atoms with van der Waals surface area (Å²) in [4.78, 5) is 36.2. The number of hydrogen-bond donors (Lipinski definition) is 1. The van der Waals surface area contributed by atoms with Crippen molar-refractivity contribution in [3.8, 4) is 11.8 Å². The first-order chi connectivity index (χ1) is 14.5. The van der Waals surface area contributed by atoms with E-state index >= 15 is 0 Å². The standard InChI is InChI=1S/C20H18N6O4/c1-2-10-25-18(28)9-8-16(24-25)20(29)30-13-17(27)23-19-14(11-21)12-22-26(19)15-6-4-3-5-7-15/h3-9,12H,2,10,13H2,1H3,(H,23,27). The van der Waals surface area contributed by atoms with E-state index in [2.05, 4.69) is 15.5 Å². The monoisotopic (exact) mass is 406 g/mol. The molecule has 0 atom stereocenters. The third kappa shape index (κ3) is 4.59. The molecule has 3 rings (SSSR count). The average molecular weight is 406 g/mol. The van der Waals surface area contributed by atoms with Crippen LogP contribution in [0.25, 0.3) is 5.69 Å². The van der Waals surface area contributed by atoms with Gasteiger partial charge in [0.25, 0.3) is 11.5 Å². The number of para-hydroxylation sites is 1. The second-order valence-corrected chi connectivity index (χ2v) is 6.17.